The molecule has 2 rings (SSSR count). The molecule has 2 heterocycles. The number of halogens is 5. The van der Waals surface area contributed by atoms with Gasteiger partial charge in [0.15, 0.2) is 6.61 Å². The molecule has 1 aliphatic rings. The number of piperidine rings is 1. The van der Waals surface area contributed by atoms with Gasteiger partial charge in [-0.2, -0.15) is 13.2 Å². The van der Waals surface area contributed by atoms with Gasteiger partial charge in [-0.1, -0.05) is 11.6 Å². The molecular formula is C12H16Cl2F3N3O. The SMILES string of the molecule is Cl.N[C@@H]1CCCN(c2ncc(OCC(F)(F)F)cc2Cl)C1. The lowest BCUT2D eigenvalue weighted by atomic mass is 10.1. The fraction of sp³-hybridized carbons (Fsp3) is 0.583. The monoisotopic (exact) mass is 345 g/mol. The number of hydrogen-bond acceptors (Lipinski definition) is 4. The van der Waals surface area contributed by atoms with Gasteiger partial charge in [0.25, 0.3) is 0 Å². The molecule has 1 saturated heterocycles. The molecule has 1 aromatic heterocycles. The Labute approximate surface area is 131 Å². The van der Waals surface area contributed by atoms with Crippen LogP contribution in [0.3, 0.4) is 0 Å². The summed E-state index contributed by atoms with van der Waals surface area (Å²) in [7, 11) is 0. The highest BCUT2D eigenvalue weighted by Crippen LogP contribution is 2.29. The number of aromatic nitrogens is 1. The molecule has 0 amide bonds. The highest BCUT2D eigenvalue weighted by molar-refractivity contribution is 6.33. The van der Waals surface area contributed by atoms with Crippen molar-refractivity contribution in [2.45, 2.75) is 25.1 Å². The first-order chi connectivity index (χ1) is 9.35. The van der Waals surface area contributed by atoms with Gasteiger partial charge >= 0.3 is 6.18 Å². The van der Waals surface area contributed by atoms with Gasteiger partial charge in [0.1, 0.15) is 11.6 Å². The molecule has 9 heteroatoms. The summed E-state index contributed by atoms with van der Waals surface area (Å²) in [6, 6.07) is 1.40. The summed E-state index contributed by atoms with van der Waals surface area (Å²) < 4.78 is 40.8. The fourth-order valence-corrected chi connectivity index (χ4v) is 2.37. The Balaban J connectivity index is 0.00000220. The van der Waals surface area contributed by atoms with Crippen molar-refractivity contribution in [1.82, 2.24) is 4.98 Å². The van der Waals surface area contributed by atoms with E-state index >= 15 is 0 Å². The minimum absolute atomic E-state index is 0. The minimum Gasteiger partial charge on any atom is -0.482 e. The van der Waals surface area contributed by atoms with E-state index in [0.29, 0.717) is 12.4 Å². The van der Waals surface area contributed by atoms with Crippen molar-refractivity contribution in [3.8, 4) is 5.75 Å². The number of ether oxygens (including phenoxy) is 1. The van der Waals surface area contributed by atoms with Crippen LogP contribution in [-0.2, 0) is 0 Å². The minimum atomic E-state index is -4.38. The molecular weight excluding hydrogens is 330 g/mol. The third-order valence-corrected chi connectivity index (χ3v) is 3.23. The molecule has 1 atom stereocenters. The molecule has 21 heavy (non-hydrogen) atoms. The van der Waals surface area contributed by atoms with Crippen LogP contribution in [-0.4, -0.2) is 36.9 Å². The fourth-order valence-electron chi connectivity index (χ4n) is 2.09. The van der Waals surface area contributed by atoms with Crippen LogP contribution in [0.1, 0.15) is 12.8 Å². The van der Waals surface area contributed by atoms with E-state index in [1.165, 1.54) is 12.3 Å². The van der Waals surface area contributed by atoms with Crippen LogP contribution in [0.15, 0.2) is 12.3 Å². The summed E-state index contributed by atoms with van der Waals surface area (Å²) in [5.41, 5.74) is 5.88. The van der Waals surface area contributed by atoms with Gasteiger partial charge in [0, 0.05) is 25.2 Å². The molecule has 1 fully saturated rings. The summed E-state index contributed by atoms with van der Waals surface area (Å²) >= 11 is 6.05. The standard InChI is InChI=1S/C12H15ClF3N3O.ClH/c13-10-4-9(20-7-12(14,15)16)5-18-11(10)19-3-1-2-8(17)6-19;/h4-5,8H,1-3,6-7,17H2;1H/t8-;/m1./s1. The van der Waals surface area contributed by atoms with Gasteiger partial charge in [-0.3, -0.25) is 0 Å². The molecule has 0 spiro atoms. The quantitative estimate of drug-likeness (QED) is 0.914. The molecule has 2 N–H and O–H groups in total. The van der Waals surface area contributed by atoms with Crippen LogP contribution in [0.4, 0.5) is 19.0 Å². The number of nitrogens with zero attached hydrogens (tertiary/aromatic N) is 2. The molecule has 0 unspecified atom stereocenters. The Morgan fingerprint density at radius 3 is 2.76 bits per heavy atom. The van der Waals surface area contributed by atoms with Crippen molar-refractivity contribution in [2.24, 2.45) is 5.73 Å². The Kier molecular flexibility index (Phi) is 6.37. The average molecular weight is 346 g/mol. The van der Waals surface area contributed by atoms with Crippen molar-refractivity contribution < 1.29 is 17.9 Å². The zero-order valence-electron chi connectivity index (χ0n) is 11.1. The lowest BCUT2D eigenvalue weighted by Crippen LogP contribution is -2.43. The summed E-state index contributed by atoms with van der Waals surface area (Å²) in [6.07, 6.45) is -1.26. The molecule has 1 aromatic rings. The van der Waals surface area contributed by atoms with E-state index in [4.69, 9.17) is 17.3 Å². The van der Waals surface area contributed by atoms with Crippen LogP contribution in [0, 0.1) is 0 Å². The zero-order valence-corrected chi connectivity index (χ0v) is 12.6. The van der Waals surface area contributed by atoms with Gasteiger partial charge in [0.2, 0.25) is 0 Å². The highest BCUT2D eigenvalue weighted by Gasteiger charge is 2.28. The molecule has 1 aliphatic heterocycles. The first kappa shape index (κ1) is 18.1. The normalized spacial score (nSPS) is 19.1. The number of pyridine rings is 1. The van der Waals surface area contributed by atoms with Gasteiger partial charge in [-0.25, -0.2) is 4.98 Å². The maximum Gasteiger partial charge on any atom is 0.422 e. The van der Waals surface area contributed by atoms with Gasteiger partial charge in [-0.05, 0) is 12.8 Å². The van der Waals surface area contributed by atoms with Crippen molar-refractivity contribution in [1.29, 1.82) is 0 Å². The zero-order chi connectivity index (χ0) is 14.8. The number of nitrogens with two attached hydrogens (primary N) is 1. The molecule has 0 saturated carbocycles. The maximum atomic E-state index is 12.1. The van der Waals surface area contributed by atoms with E-state index in [2.05, 4.69) is 9.72 Å². The average Bonchev–Trinajstić information content (AvgIpc) is 2.35. The Morgan fingerprint density at radius 1 is 1.48 bits per heavy atom. The number of alkyl halides is 3. The van der Waals surface area contributed by atoms with Crippen molar-refractivity contribution >= 4 is 29.8 Å². The third-order valence-electron chi connectivity index (χ3n) is 2.96. The second-order valence-electron chi connectivity index (χ2n) is 4.73. The van der Waals surface area contributed by atoms with E-state index in [9.17, 15) is 13.2 Å². The molecule has 4 nitrogen and oxygen atoms in total. The third kappa shape index (κ3) is 5.41. The Bertz CT molecular complexity index is 474. The van der Waals surface area contributed by atoms with E-state index in [1.807, 2.05) is 4.90 Å². The molecule has 0 radical (unpaired) electrons. The molecule has 120 valence electrons. The number of hydrogen-bond donors (Lipinski definition) is 1. The van der Waals surface area contributed by atoms with Crippen LogP contribution in [0.25, 0.3) is 0 Å². The van der Waals surface area contributed by atoms with Crippen LogP contribution in [0.2, 0.25) is 5.02 Å². The van der Waals surface area contributed by atoms with Crippen LogP contribution < -0.4 is 15.4 Å². The lowest BCUT2D eigenvalue weighted by Gasteiger charge is -2.32. The largest absolute Gasteiger partial charge is 0.482 e. The van der Waals surface area contributed by atoms with E-state index in [0.717, 1.165) is 19.4 Å². The summed E-state index contributed by atoms with van der Waals surface area (Å²) in [5.74, 6) is 0.526. The van der Waals surface area contributed by atoms with Gasteiger partial charge in [-0.15, -0.1) is 12.4 Å². The lowest BCUT2D eigenvalue weighted by molar-refractivity contribution is -0.153. The summed E-state index contributed by atoms with van der Waals surface area (Å²) in [5, 5.41) is 0.263. The van der Waals surface area contributed by atoms with Gasteiger partial charge < -0.3 is 15.4 Å². The highest BCUT2D eigenvalue weighted by atomic mass is 35.5. The maximum absolute atomic E-state index is 12.1. The molecule has 0 bridgehead atoms. The van der Waals surface area contributed by atoms with Crippen LogP contribution >= 0.6 is 24.0 Å². The summed E-state index contributed by atoms with van der Waals surface area (Å²) in [4.78, 5) is 6.02. The van der Waals surface area contributed by atoms with Crippen molar-refractivity contribution in [3.05, 3.63) is 17.3 Å². The predicted octanol–water partition coefficient (Wildman–Crippen LogP) is 3.03. The topological polar surface area (TPSA) is 51.4 Å². The smallest absolute Gasteiger partial charge is 0.422 e. The second kappa shape index (κ2) is 7.38. The van der Waals surface area contributed by atoms with Gasteiger partial charge in [0.05, 0.1) is 11.2 Å². The van der Waals surface area contributed by atoms with Crippen molar-refractivity contribution in [2.75, 3.05) is 24.6 Å². The Morgan fingerprint density at radius 2 is 2.19 bits per heavy atom. The molecule has 0 aliphatic carbocycles. The van der Waals surface area contributed by atoms with E-state index in [-0.39, 0.29) is 29.2 Å². The number of rotatable bonds is 3. The predicted molar refractivity (Wildman–Crippen MR) is 77.5 cm³/mol. The molecule has 0 aromatic carbocycles. The first-order valence-corrected chi connectivity index (χ1v) is 6.58. The van der Waals surface area contributed by atoms with E-state index < -0.39 is 12.8 Å². The van der Waals surface area contributed by atoms with Crippen LogP contribution in [0.5, 0.6) is 5.75 Å². The second-order valence-corrected chi connectivity index (χ2v) is 5.14. The summed E-state index contributed by atoms with van der Waals surface area (Å²) in [6.45, 7) is 0.0532. The van der Waals surface area contributed by atoms with Crippen molar-refractivity contribution in [3.63, 3.8) is 0 Å². The first-order valence-electron chi connectivity index (χ1n) is 6.21. The Hall–Kier alpha value is -0.920. The number of anilines is 1. The van der Waals surface area contributed by atoms with E-state index in [1.54, 1.807) is 0 Å².